The number of nitrogen functional groups attached to an aromatic ring is 1. The van der Waals surface area contributed by atoms with E-state index >= 15 is 0 Å². The van der Waals surface area contributed by atoms with Gasteiger partial charge in [0, 0.05) is 0 Å². The number of rotatable bonds is 5. The average molecular weight is 241 g/mol. The topological polar surface area (TPSA) is 95.2 Å². The van der Waals surface area contributed by atoms with Gasteiger partial charge in [0.05, 0.1) is 6.61 Å². The van der Waals surface area contributed by atoms with Crippen molar-refractivity contribution in [3.63, 3.8) is 0 Å². The molecule has 0 fully saturated rings. The molecule has 1 heterocycles. The van der Waals surface area contributed by atoms with Crippen LogP contribution in [-0.4, -0.2) is 27.2 Å². The summed E-state index contributed by atoms with van der Waals surface area (Å²) in [5.74, 6) is 5.48. The third kappa shape index (κ3) is 4.81. The van der Waals surface area contributed by atoms with E-state index in [1.165, 1.54) is 0 Å². The van der Waals surface area contributed by atoms with E-state index in [9.17, 15) is 0 Å². The Labute approximate surface area is 101 Å². The molecule has 1 aromatic rings. The minimum atomic E-state index is -0.394. The fraction of sp³-hybridized carbons (Fsp3) is 0.700. The molecule has 7 nitrogen and oxygen atoms in total. The van der Waals surface area contributed by atoms with Crippen LogP contribution in [0.25, 0.3) is 0 Å². The number of nitrogens with two attached hydrogens (primary N) is 1. The van der Waals surface area contributed by atoms with E-state index in [1.54, 1.807) is 0 Å². The highest BCUT2D eigenvalue weighted by atomic mass is 16.5. The maximum absolute atomic E-state index is 5.53. The summed E-state index contributed by atoms with van der Waals surface area (Å²) >= 11 is 0. The summed E-state index contributed by atoms with van der Waals surface area (Å²) in [6, 6.07) is 0.389. The summed E-state index contributed by atoms with van der Waals surface area (Å²) in [6.45, 7) is 8.23. The molecule has 0 atom stereocenters. The van der Waals surface area contributed by atoms with Gasteiger partial charge in [-0.25, -0.2) is 5.84 Å². The lowest BCUT2D eigenvalue weighted by molar-refractivity contribution is 0.114. The van der Waals surface area contributed by atoms with Crippen molar-refractivity contribution in [3.8, 4) is 12.0 Å². The summed E-state index contributed by atoms with van der Waals surface area (Å²) in [6.07, 6.45) is 0.868. The van der Waals surface area contributed by atoms with Crippen LogP contribution < -0.4 is 20.7 Å². The summed E-state index contributed by atoms with van der Waals surface area (Å²) in [5, 5.41) is 0. The van der Waals surface area contributed by atoms with Gasteiger partial charge in [0.15, 0.2) is 0 Å². The zero-order chi connectivity index (χ0) is 12.9. The highest BCUT2D eigenvalue weighted by molar-refractivity contribution is 5.25. The molecule has 0 amide bonds. The quantitative estimate of drug-likeness (QED) is 0.589. The van der Waals surface area contributed by atoms with E-state index in [1.807, 2.05) is 27.7 Å². The van der Waals surface area contributed by atoms with Crippen molar-refractivity contribution >= 4 is 5.95 Å². The molecule has 0 aromatic carbocycles. The van der Waals surface area contributed by atoms with Gasteiger partial charge in [0.25, 0.3) is 0 Å². The second-order valence-electron chi connectivity index (χ2n) is 4.43. The Bertz CT molecular complexity index is 364. The van der Waals surface area contributed by atoms with Crippen LogP contribution in [0.5, 0.6) is 12.0 Å². The monoisotopic (exact) mass is 241 g/mol. The third-order valence-electron chi connectivity index (χ3n) is 1.56. The maximum atomic E-state index is 5.53. The van der Waals surface area contributed by atoms with E-state index in [0.717, 1.165) is 6.42 Å². The molecule has 7 heteroatoms. The van der Waals surface area contributed by atoms with Crippen molar-refractivity contribution in [2.75, 3.05) is 12.0 Å². The van der Waals surface area contributed by atoms with Crippen LogP contribution in [0, 0.1) is 0 Å². The molecule has 1 rings (SSSR count). The first-order chi connectivity index (χ1) is 7.94. The number of aromatic nitrogens is 3. The molecule has 0 radical (unpaired) electrons. The van der Waals surface area contributed by atoms with Crippen LogP contribution >= 0.6 is 0 Å². The van der Waals surface area contributed by atoms with Gasteiger partial charge in [0.1, 0.15) is 5.60 Å². The first kappa shape index (κ1) is 13.4. The number of nitrogens with zero attached hydrogens (tertiary/aromatic N) is 3. The van der Waals surface area contributed by atoms with Gasteiger partial charge >= 0.3 is 12.0 Å². The number of hydrogen-bond donors (Lipinski definition) is 2. The Balaban J connectivity index is 2.88. The van der Waals surface area contributed by atoms with Crippen LogP contribution in [0.4, 0.5) is 5.95 Å². The Morgan fingerprint density at radius 1 is 1.18 bits per heavy atom. The molecule has 0 aliphatic heterocycles. The Morgan fingerprint density at radius 3 is 2.35 bits per heavy atom. The molecule has 96 valence electrons. The largest absolute Gasteiger partial charge is 0.463 e. The van der Waals surface area contributed by atoms with Crippen molar-refractivity contribution in [1.29, 1.82) is 0 Å². The van der Waals surface area contributed by atoms with Gasteiger partial charge in [-0.15, -0.1) is 4.98 Å². The summed E-state index contributed by atoms with van der Waals surface area (Å²) in [7, 11) is 0. The number of hydrogen-bond acceptors (Lipinski definition) is 7. The first-order valence-electron chi connectivity index (χ1n) is 5.49. The van der Waals surface area contributed by atoms with Crippen molar-refractivity contribution in [2.24, 2.45) is 5.84 Å². The second-order valence-corrected chi connectivity index (χ2v) is 4.43. The molecule has 3 N–H and O–H groups in total. The Morgan fingerprint density at radius 2 is 1.82 bits per heavy atom. The third-order valence-corrected chi connectivity index (χ3v) is 1.56. The number of anilines is 1. The fourth-order valence-electron chi connectivity index (χ4n) is 0.980. The van der Waals surface area contributed by atoms with Gasteiger partial charge < -0.3 is 9.47 Å². The van der Waals surface area contributed by atoms with Crippen LogP contribution in [0.1, 0.15) is 34.1 Å². The van der Waals surface area contributed by atoms with E-state index in [0.29, 0.717) is 6.61 Å². The fourth-order valence-corrected chi connectivity index (χ4v) is 0.980. The van der Waals surface area contributed by atoms with Crippen molar-refractivity contribution in [2.45, 2.75) is 39.7 Å². The highest BCUT2D eigenvalue weighted by Crippen LogP contribution is 2.17. The van der Waals surface area contributed by atoms with Gasteiger partial charge in [-0.3, -0.25) is 5.43 Å². The van der Waals surface area contributed by atoms with Crippen LogP contribution in [0.3, 0.4) is 0 Å². The van der Waals surface area contributed by atoms with E-state index in [4.69, 9.17) is 15.3 Å². The lowest BCUT2D eigenvalue weighted by Gasteiger charge is -2.19. The summed E-state index contributed by atoms with van der Waals surface area (Å²) in [4.78, 5) is 12.0. The molecule has 0 saturated heterocycles. The SMILES string of the molecule is CCCOc1nc(NN)nc(OC(C)(C)C)n1. The molecule has 1 aromatic heterocycles. The van der Waals surface area contributed by atoms with Gasteiger partial charge in [-0.2, -0.15) is 9.97 Å². The second kappa shape index (κ2) is 5.62. The lowest BCUT2D eigenvalue weighted by Crippen LogP contribution is -2.25. The molecule has 0 saturated carbocycles. The smallest absolute Gasteiger partial charge is 0.324 e. The highest BCUT2D eigenvalue weighted by Gasteiger charge is 2.16. The van der Waals surface area contributed by atoms with Gasteiger partial charge in [-0.1, -0.05) is 6.92 Å². The minimum absolute atomic E-state index is 0.187. The van der Waals surface area contributed by atoms with E-state index in [2.05, 4.69) is 20.4 Å². The molecule has 17 heavy (non-hydrogen) atoms. The molecular weight excluding hydrogens is 222 g/mol. The number of nitrogens with one attached hydrogen (secondary N) is 1. The standard InChI is InChI=1S/C10H19N5O2/c1-5-6-16-8-12-7(15-11)13-9(14-8)17-10(2,3)4/h5-6,11H2,1-4H3,(H,12,13,14,15). The normalized spacial score (nSPS) is 11.1. The van der Waals surface area contributed by atoms with Gasteiger partial charge in [-0.05, 0) is 27.2 Å². The van der Waals surface area contributed by atoms with E-state index < -0.39 is 5.60 Å². The maximum Gasteiger partial charge on any atom is 0.324 e. The lowest BCUT2D eigenvalue weighted by atomic mass is 10.2. The zero-order valence-electron chi connectivity index (χ0n) is 10.6. The average Bonchev–Trinajstić information content (AvgIpc) is 2.23. The predicted octanol–water partition coefficient (Wildman–Crippen LogP) is 1.12. The molecule has 0 aliphatic rings. The molecule has 0 bridgehead atoms. The molecule has 0 unspecified atom stereocenters. The van der Waals surface area contributed by atoms with Crippen molar-refractivity contribution in [1.82, 2.24) is 15.0 Å². The van der Waals surface area contributed by atoms with E-state index in [-0.39, 0.29) is 18.0 Å². The van der Waals surface area contributed by atoms with Crippen LogP contribution in [0.15, 0.2) is 0 Å². The Hall–Kier alpha value is -1.63. The van der Waals surface area contributed by atoms with Crippen molar-refractivity contribution in [3.05, 3.63) is 0 Å². The predicted molar refractivity (Wildman–Crippen MR) is 63.8 cm³/mol. The molecular formula is C10H19N5O2. The summed E-state index contributed by atoms with van der Waals surface area (Å²) < 4.78 is 10.8. The molecule has 0 spiro atoms. The zero-order valence-corrected chi connectivity index (χ0v) is 10.6. The summed E-state index contributed by atoms with van der Waals surface area (Å²) in [5.41, 5.74) is 1.95. The first-order valence-corrected chi connectivity index (χ1v) is 5.49. The van der Waals surface area contributed by atoms with Gasteiger partial charge in [0.2, 0.25) is 5.95 Å². The van der Waals surface area contributed by atoms with Crippen LogP contribution in [-0.2, 0) is 0 Å². The molecule has 0 aliphatic carbocycles. The minimum Gasteiger partial charge on any atom is -0.463 e. The number of hydrazine groups is 1. The Kier molecular flexibility index (Phi) is 4.45. The number of ether oxygens (including phenoxy) is 2. The van der Waals surface area contributed by atoms with Crippen molar-refractivity contribution < 1.29 is 9.47 Å². The van der Waals surface area contributed by atoms with Crippen LogP contribution in [0.2, 0.25) is 0 Å².